The first-order valence-electron chi connectivity index (χ1n) is 3.84. The van der Waals surface area contributed by atoms with Crippen LogP contribution in [0.4, 0.5) is 0 Å². The molecule has 1 aromatic rings. The predicted octanol–water partition coefficient (Wildman–Crippen LogP) is 0.890. The van der Waals surface area contributed by atoms with Gasteiger partial charge in [-0.3, -0.25) is 4.68 Å². The summed E-state index contributed by atoms with van der Waals surface area (Å²) >= 11 is 0. The van der Waals surface area contributed by atoms with Crippen molar-refractivity contribution in [1.82, 2.24) is 9.78 Å². The zero-order valence-corrected chi connectivity index (χ0v) is 6.59. The molecule has 0 amide bonds. The van der Waals surface area contributed by atoms with Crippen LogP contribution in [0, 0.1) is 12.3 Å². The molecule has 1 heterocycles. The Morgan fingerprint density at radius 2 is 2.36 bits per heavy atom. The van der Waals surface area contributed by atoms with Crippen molar-refractivity contribution < 1.29 is 0 Å². The second-order valence-corrected chi connectivity index (χ2v) is 2.90. The minimum absolute atomic E-state index is 0.847. The van der Waals surface area contributed by atoms with Crippen LogP contribution in [0.5, 0.6) is 0 Å². The van der Waals surface area contributed by atoms with E-state index in [0.29, 0.717) is 0 Å². The van der Waals surface area contributed by atoms with Crippen LogP contribution in [-0.2, 0) is 19.9 Å². The Bertz CT molecular complexity index is 328. The quantitative estimate of drug-likeness (QED) is 0.497. The molecule has 0 saturated carbocycles. The third-order valence-corrected chi connectivity index (χ3v) is 2.25. The van der Waals surface area contributed by atoms with Crippen LogP contribution in [0.3, 0.4) is 0 Å². The first-order valence-corrected chi connectivity index (χ1v) is 3.84. The standard InChI is InChI=1S/C9H10N2/c1-3-8-7-5-4-6-9(7)11(2)10-8/h1H,4-6H2,2H3. The molecule has 0 fully saturated rings. The Hall–Kier alpha value is -1.23. The summed E-state index contributed by atoms with van der Waals surface area (Å²) in [5.74, 6) is 2.62. The third kappa shape index (κ3) is 0.775. The Morgan fingerprint density at radius 1 is 1.55 bits per heavy atom. The van der Waals surface area contributed by atoms with E-state index in [0.717, 1.165) is 18.5 Å². The third-order valence-electron chi connectivity index (χ3n) is 2.25. The molecule has 0 atom stereocenters. The second-order valence-electron chi connectivity index (χ2n) is 2.90. The molecule has 0 unspecified atom stereocenters. The summed E-state index contributed by atoms with van der Waals surface area (Å²) < 4.78 is 1.91. The van der Waals surface area contributed by atoms with E-state index in [1.807, 2.05) is 11.7 Å². The molecule has 1 aliphatic rings. The van der Waals surface area contributed by atoms with Gasteiger partial charge in [-0.15, -0.1) is 6.42 Å². The van der Waals surface area contributed by atoms with Crippen LogP contribution in [0.1, 0.15) is 23.4 Å². The lowest BCUT2D eigenvalue weighted by atomic mass is 10.2. The first kappa shape index (κ1) is 6.48. The fourth-order valence-electron chi connectivity index (χ4n) is 1.73. The van der Waals surface area contributed by atoms with Crippen LogP contribution >= 0.6 is 0 Å². The van der Waals surface area contributed by atoms with E-state index >= 15 is 0 Å². The molecule has 0 radical (unpaired) electrons. The summed E-state index contributed by atoms with van der Waals surface area (Å²) in [6.07, 6.45) is 8.80. The van der Waals surface area contributed by atoms with E-state index < -0.39 is 0 Å². The predicted molar refractivity (Wildman–Crippen MR) is 43.2 cm³/mol. The van der Waals surface area contributed by atoms with Crippen molar-refractivity contribution in [3.8, 4) is 12.3 Å². The first-order chi connectivity index (χ1) is 5.33. The topological polar surface area (TPSA) is 17.8 Å². The van der Waals surface area contributed by atoms with Crippen molar-refractivity contribution in [1.29, 1.82) is 0 Å². The number of nitrogens with zero attached hydrogens (tertiary/aromatic N) is 2. The number of fused-ring (bicyclic) bond motifs is 1. The number of rotatable bonds is 0. The minimum atomic E-state index is 0.847. The van der Waals surface area contributed by atoms with Crippen LogP contribution in [0.25, 0.3) is 0 Å². The summed E-state index contributed by atoms with van der Waals surface area (Å²) in [5, 5.41) is 4.23. The van der Waals surface area contributed by atoms with Crippen molar-refractivity contribution in [2.45, 2.75) is 19.3 Å². The van der Waals surface area contributed by atoms with E-state index in [-0.39, 0.29) is 0 Å². The zero-order valence-electron chi connectivity index (χ0n) is 6.59. The van der Waals surface area contributed by atoms with Gasteiger partial charge in [-0.25, -0.2) is 0 Å². The van der Waals surface area contributed by atoms with Crippen LogP contribution in [-0.4, -0.2) is 9.78 Å². The van der Waals surface area contributed by atoms with Gasteiger partial charge in [0, 0.05) is 18.3 Å². The van der Waals surface area contributed by atoms with Crippen LogP contribution < -0.4 is 0 Å². The number of hydrogen-bond donors (Lipinski definition) is 0. The summed E-state index contributed by atoms with van der Waals surface area (Å²) in [5.41, 5.74) is 3.48. The van der Waals surface area contributed by atoms with E-state index in [4.69, 9.17) is 6.42 Å². The van der Waals surface area contributed by atoms with Gasteiger partial charge < -0.3 is 0 Å². The molecule has 0 saturated heterocycles. The lowest BCUT2D eigenvalue weighted by molar-refractivity contribution is 0.703. The Labute approximate surface area is 66.2 Å². The molecule has 2 heteroatoms. The van der Waals surface area contributed by atoms with Gasteiger partial charge in [0.1, 0.15) is 5.69 Å². The van der Waals surface area contributed by atoms with Crippen molar-refractivity contribution in [3.63, 3.8) is 0 Å². The second kappa shape index (κ2) is 2.13. The molecule has 11 heavy (non-hydrogen) atoms. The van der Waals surface area contributed by atoms with Crippen molar-refractivity contribution >= 4 is 0 Å². The Balaban J connectivity index is 2.63. The largest absolute Gasteiger partial charge is 0.271 e. The van der Waals surface area contributed by atoms with Crippen molar-refractivity contribution in [2.24, 2.45) is 7.05 Å². The monoisotopic (exact) mass is 146 g/mol. The summed E-state index contributed by atoms with van der Waals surface area (Å²) in [7, 11) is 1.96. The van der Waals surface area contributed by atoms with E-state index in [1.165, 1.54) is 17.7 Å². The number of aromatic nitrogens is 2. The van der Waals surface area contributed by atoms with Gasteiger partial charge in [0.05, 0.1) is 0 Å². The van der Waals surface area contributed by atoms with E-state index in [9.17, 15) is 0 Å². The molecule has 0 spiro atoms. The van der Waals surface area contributed by atoms with Crippen molar-refractivity contribution in [2.75, 3.05) is 0 Å². The zero-order chi connectivity index (χ0) is 7.84. The van der Waals surface area contributed by atoms with Gasteiger partial charge in [-0.05, 0) is 25.2 Å². The highest BCUT2D eigenvalue weighted by Crippen LogP contribution is 2.23. The molecule has 0 aliphatic heterocycles. The highest BCUT2D eigenvalue weighted by atomic mass is 15.3. The Morgan fingerprint density at radius 3 is 3.09 bits per heavy atom. The smallest absolute Gasteiger partial charge is 0.138 e. The van der Waals surface area contributed by atoms with Gasteiger partial charge in [0.25, 0.3) is 0 Å². The molecule has 2 rings (SSSR count). The van der Waals surface area contributed by atoms with Gasteiger partial charge in [0.15, 0.2) is 0 Å². The van der Waals surface area contributed by atoms with Gasteiger partial charge in [-0.1, -0.05) is 0 Å². The molecule has 56 valence electrons. The van der Waals surface area contributed by atoms with E-state index in [2.05, 4.69) is 11.0 Å². The van der Waals surface area contributed by atoms with Crippen molar-refractivity contribution in [3.05, 3.63) is 17.0 Å². The highest BCUT2D eigenvalue weighted by Gasteiger charge is 2.19. The number of aryl methyl sites for hydroxylation is 1. The van der Waals surface area contributed by atoms with Gasteiger partial charge in [0.2, 0.25) is 0 Å². The molecule has 2 nitrogen and oxygen atoms in total. The fourth-order valence-corrected chi connectivity index (χ4v) is 1.73. The fraction of sp³-hybridized carbons (Fsp3) is 0.444. The molecule has 0 aromatic carbocycles. The molecule has 1 aliphatic carbocycles. The molecule has 1 aromatic heterocycles. The maximum atomic E-state index is 5.31. The molecular weight excluding hydrogens is 136 g/mol. The average molecular weight is 146 g/mol. The Kier molecular flexibility index (Phi) is 1.25. The van der Waals surface area contributed by atoms with E-state index in [1.54, 1.807) is 0 Å². The molecule has 0 N–H and O–H groups in total. The summed E-state index contributed by atoms with van der Waals surface area (Å²) in [6.45, 7) is 0. The summed E-state index contributed by atoms with van der Waals surface area (Å²) in [6, 6.07) is 0. The normalized spacial score (nSPS) is 14.5. The maximum Gasteiger partial charge on any atom is 0.138 e. The highest BCUT2D eigenvalue weighted by molar-refractivity contribution is 5.39. The average Bonchev–Trinajstić information content (AvgIpc) is 2.54. The lowest BCUT2D eigenvalue weighted by Gasteiger charge is -1.92. The van der Waals surface area contributed by atoms with Gasteiger partial charge >= 0.3 is 0 Å². The summed E-state index contributed by atoms with van der Waals surface area (Å²) in [4.78, 5) is 0. The number of hydrogen-bond acceptors (Lipinski definition) is 1. The SMILES string of the molecule is C#Cc1nn(C)c2c1CCC2. The number of terminal acetylenes is 1. The lowest BCUT2D eigenvalue weighted by Crippen LogP contribution is -1.95. The minimum Gasteiger partial charge on any atom is -0.271 e. The molecular formula is C9H10N2. The van der Waals surface area contributed by atoms with Crippen LogP contribution in [0.2, 0.25) is 0 Å². The molecule has 0 bridgehead atoms. The van der Waals surface area contributed by atoms with Crippen LogP contribution in [0.15, 0.2) is 0 Å². The maximum absolute atomic E-state index is 5.31. The van der Waals surface area contributed by atoms with Gasteiger partial charge in [-0.2, -0.15) is 5.10 Å².